The molecule has 0 aliphatic rings. The first-order valence-electron chi connectivity index (χ1n) is 9.92. The highest BCUT2D eigenvalue weighted by molar-refractivity contribution is 9.10. The number of hydrogen-bond acceptors (Lipinski definition) is 7. The second kappa shape index (κ2) is 10.1. The van der Waals surface area contributed by atoms with Crippen LogP contribution in [-0.4, -0.2) is 23.2 Å². The number of fused-ring (bicyclic) bond motifs is 1. The molecule has 0 aliphatic carbocycles. The van der Waals surface area contributed by atoms with Gasteiger partial charge in [0.15, 0.2) is 11.5 Å². The molecule has 1 aromatic heterocycles. The maximum absolute atomic E-state index is 11.1. The third-order valence-corrected chi connectivity index (χ3v) is 5.59. The zero-order chi connectivity index (χ0) is 23.2. The molecule has 0 atom stereocenters. The fourth-order valence-corrected chi connectivity index (χ4v) is 3.71. The SMILES string of the molecule is COc1cc(/C=N\Nc2ncccc2[N+](=O)[O-])c(Br)cc1OCc1cccc2ccccc12. The van der Waals surface area contributed by atoms with Crippen LogP contribution in [0.25, 0.3) is 10.8 Å². The normalized spacial score (nSPS) is 11.0. The molecule has 8 nitrogen and oxygen atoms in total. The number of aromatic nitrogens is 1. The Labute approximate surface area is 198 Å². The highest BCUT2D eigenvalue weighted by Crippen LogP contribution is 2.34. The Morgan fingerprint density at radius 3 is 2.76 bits per heavy atom. The molecule has 1 N–H and O–H groups in total. The average Bonchev–Trinajstić information content (AvgIpc) is 2.84. The lowest BCUT2D eigenvalue weighted by atomic mass is 10.1. The van der Waals surface area contributed by atoms with Crippen molar-refractivity contribution in [2.45, 2.75) is 6.61 Å². The van der Waals surface area contributed by atoms with E-state index in [1.165, 1.54) is 24.5 Å². The molecule has 3 aromatic carbocycles. The molecule has 166 valence electrons. The van der Waals surface area contributed by atoms with E-state index in [0.29, 0.717) is 23.7 Å². The second-order valence-corrected chi connectivity index (χ2v) is 7.80. The van der Waals surface area contributed by atoms with Crippen LogP contribution >= 0.6 is 15.9 Å². The number of halogens is 1. The van der Waals surface area contributed by atoms with Crippen LogP contribution in [0.1, 0.15) is 11.1 Å². The fourth-order valence-electron chi connectivity index (χ4n) is 3.29. The number of hydrazone groups is 1. The van der Waals surface area contributed by atoms with Crippen molar-refractivity contribution >= 4 is 44.4 Å². The standard InChI is InChI=1S/C24H19BrN4O4/c1-32-22-12-18(14-27-28-24-21(29(30)31)10-5-11-26-24)20(25)13-23(22)33-15-17-8-4-7-16-6-2-3-9-19(16)17/h2-14H,15H2,1H3,(H,26,28)/b27-14-. The molecule has 0 aliphatic heterocycles. The van der Waals surface area contributed by atoms with Crippen LogP contribution in [0.2, 0.25) is 0 Å². The van der Waals surface area contributed by atoms with Gasteiger partial charge in [0, 0.05) is 22.3 Å². The molecule has 0 radical (unpaired) electrons. The molecule has 0 bridgehead atoms. The summed E-state index contributed by atoms with van der Waals surface area (Å²) in [4.78, 5) is 14.5. The number of nitrogens with one attached hydrogen (secondary N) is 1. The third-order valence-electron chi connectivity index (χ3n) is 4.90. The summed E-state index contributed by atoms with van der Waals surface area (Å²) < 4.78 is 12.3. The summed E-state index contributed by atoms with van der Waals surface area (Å²) in [6.07, 6.45) is 2.96. The van der Waals surface area contributed by atoms with Crippen molar-refractivity contribution in [3.8, 4) is 11.5 Å². The molecule has 4 aromatic rings. The number of anilines is 1. The molecule has 0 saturated carbocycles. The van der Waals surface area contributed by atoms with Crippen molar-refractivity contribution in [2.24, 2.45) is 5.10 Å². The number of ether oxygens (including phenoxy) is 2. The van der Waals surface area contributed by atoms with Crippen LogP contribution in [0, 0.1) is 10.1 Å². The van der Waals surface area contributed by atoms with E-state index in [0.717, 1.165) is 20.8 Å². The number of nitro groups is 1. The van der Waals surface area contributed by atoms with Crippen LogP contribution in [0.4, 0.5) is 11.5 Å². The van der Waals surface area contributed by atoms with Crippen molar-refractivity contribution in [2.75, 3.05) is 12.5 Å². The van der Waals surface area contributed by atoms with Crippen molar-refractivity contribution in [1.82, 2.24) is 4.98 Å². The summed E-state index contributed by atoms with van der Waals surface area (Å²) >= 11 is 3.52. The summed E-state index contributed by atoms with van der Waals surface area (Å²) in [6, 6.07) is 20.7. The lowest BCUT2D eigenvalue weighted by Gasteiger charge is -2.14. The Morgan fingerprint density at radius 1 is 1.12 bits per heavy atom. The van der Waals surface area contributed by atoms with Crippen molar-refractivity contribution < 1.29 is 14.4 Å². The van der Waals surface area contributed by atoms with E-state index in [-0.39, 0.29) is 11.5 Å². The van der Waals surface area contributed by atoms with Crippen LogP contribution in [0.3, 0.4) is 0 Å². The van der Waals surface area contributed by atoms with E-state index >= 15 is 0 Å². The molecular formula is C24H19BrN4O4. The third kappa shape index (κ3) is 5.09. The summed E-state index contributed by atoms with van der Waals surface area (Å²) in [6.45, 7) is 0.377. The maximum atomic E-state index is 11.1. The number of pyridine rings is 1. The van der Waals surface area contributed by atoms with E-state index in [1.807, 2.05) is 24.3 Å². The first-order chi connectivity index (χ1) is 16.1. The molecular weight excluding hydrogens is 488 g/mol. The van der Waals surface area contributed by atoms with Crippen LogP contribution in [0.15, 0.2) is 82.5 Å². The smallest absolute Gasteiger partial charge is 0.313 e. The number of nitrogens with zero attached hydrogens (tertiary/aromatic N) is 3. The zero-order valence-corrected chi connectivity index (χ0v) is 19.2. The first-order valence-corrected chi connectivity index (χ1v) is 10.7. The van der Waals surface area contributed by atoms with E-state index in [2.05, 4.69) is 49.6 Å². The maximum Gasteiger partial charge on any atom is 0.313 e. The molecule has 1 heterocycles. The predicted octanol–water partition coefficient (Wildman–Crippen LogP) is 5.94. The fraction of sp³-hybridized carbons (Fsp3) is 0.0833. The molecule has 4 rings (SSSR count). The monoisotopic (exact) mass is 506 g/mol. The molecule has 0 spiro atoms. The minimum atomic E-state index is -0.522. The van der Waals surface area contributed by atoms with Gasteiger partial charge in [-0.2, -0.15) is 5.10 Å². The molecule has 0 unspecified atom stereocenters. The van der Waals surface area contributed by atoms with Crippen molar-refractivity contribution in [3.63, 3.8) is 0 Å². The summed E-state index contributed by atoms with van der Waals surface area (Å²) in [5, 5.41) is 17.5. The van der Waals surface area contributed by atoms with E-state index < -0.39 is 4.92 Å². The summed E-state index contributed by atoms with van der Waals surface area (Å²) in [7, 11) is 1.56. The Kier molecular flexibility index (Phi) is 6.80. The van der Waals surface area contributed by atoms with E-state index in [9.17, 15) is 10.1 Å². The van der Waals surface area contributed by atoms with Gasteiger partial charge in [0.05, 0.1) is 18.2 Å². The minimum Gasteiger partial charge on any atom is -0.493 e. The minimum absolute atomic E-state index is 0.0527. The van der Waals surface area contributed by atoms with Crippen molar-refractivity contribution in [3.05, 3.63) is 98.6 Å². The quantitative estimate of drug-likeness (QED) is 0.180. The molecule has 0 amide bonds. The Morgan fingerprint density at radius 2 is 1.94 bits per heavy atom. The van der Waals surface area contributed by atoms with Gasteiger partial charge >= 0.3 is 5.69 Å². The van der Waals surface area contributed by atoms with Crippen LogP contribution in [-0.2, 0) is 6.61 Å². The van der Waals surface area contributed by atoms with Gasteiger partial charge in [-0.25, -0.2) is 4.98 Å². The number of hydrogen-bond donors (Lipinski definition) is 1. The molecule has 9 heteroatoms. The van der Waals surface area contributed by atoms with Gasteiger partial charge in [-0.3, -0.25) is 15.5 Å². The van der Waals surface area contributed by atoms with E-state index in [1.54, 1.807) is 19.2 Å². The molecule has 0 fully saturated rings. The molecule has 33 heavy (non-hydrogen) atoms. The van der Waals surface area contributed by atoms with Crippen molar-refractivity contribution in [1.29, 1.82) is 0 Å². The Hall–Kier alpha value is -3.98. The topological polar surface area (TPSA) is 98.9 Å². The Balaban J connectivity index is 1.52. The van der Waals surface area contributed by atoms with Gasteiger partial charge in [-0.1, -0.05) is 42.5 Å². The van der Waals surface area contributed by atoms with Crippen LogP contribution < -0.4 is 14.9 Å². The summed E-state index contributed by atoms with van der Waals surface area (Å²) in [5.41, 5.74) is 4.20. The zero-order valence-electron chi connectivity index (χ0n) is 17.6. The second-order valence-electron chi connectivity index (χ2n) is 6.95. The van der Waals surface area contributed by atoms with Gasteiger partial charge in [0.2, 0.25) is 5.82 Å². The van der Waals surface area contributed by atoms with Crippen LogP contribution in [0.5, 0.6) is 11.5 Å². The average molecular weight is 507 g/mol. The molecule has 0 saturated heterocycles. The van der Waals surface area contributed by atoms with Gasteiger partial charge in [0.1, 0.15) is 6.61 Å². The number of methoxy groups -OCH3 is 1. The number of rotatable bonds is 8. The van der Waals surface area contributed by atoms with Gasteiger partial charge < -0.3 is 9.47 Å². The number of benzene rings is 3. The largest absolute Gasteiger partial charge is 0.493 e. The highest BCUT2D eigenvalue weighted by Gasteiger charge is 2.14. The van der Waals surface area contributed by atoms with E-state index in [4.69, 9.17) is 9.47 Å². The van der Waals surface area contributed by atoms with Gasteiger partial charge in [-0.15, -0.1) is 0 Å². The van der Waals surface area contributed by atoms with Gasteiger partial charge in [-0.05, 0) is 50.5 Å². The Bertz CT molecular complexity index is 1340. The lowest BCUT2D eigenvalue weighted by Crippen LogP contribution is -2.01. The lowest BCUT2D eigenvalue weighted by molar-refractivity contribution is -0.384. The highest BCUT2D eigenvalue weighted by atomic mass is 79.9. The predicted molar refractivity (Wildman–Crippen MR) is 131 cm³/mol. The van der Waals surface area contributed by atoms with Gasteiger partial charge in [0.25, 0.3) is 0 Å². The summed E-state index contributed by atoms with van der Waals surface area (Å²) in [5.74, 6) is 1.16. The first kappa shape index (κ1) is 22.2.